The molecule has 0 radical (unpaired) electrons. The topological polar surface area (TPSA) is 41.5 Å². The second kappa shape index (κ2) is 8.70. The van der Waals surface area contributed by atoms with E-state index < -0.39 is 18.2 Å². The fourth-order valence-corrected chi connectivity index (χ4v) is 2.36. The Morgan fingerprint density at radius 3 is 2.29 bits per heavy atom. The highest BCUT2D eigenvalue weighted by molar-refractivity contribution is 5.30. The summed E-state index contributed by atoms with van der Waals surface area (Å²) < 4.78 is 42.0. The van der Waals surface area contributed by atoms with Crippen molar-refractivity contribution < 1.29 is 23.0 Å². The molecule has 0 aliphatic carbocycles. The van der Waals surface area contributed by atoms with E-state index in [1.54, 1.807) is 0 Å². The summed E-state index contributed by atoms with van der Waals surface area (Å²) >= 11 is 0. The van der Waals surface area contributed by atoms with Gasteiger partial charge in [-0.05, 0) is 35.2 Å². The summed E-state index contributed by atoms with van der Waals surface area (Å²) in [6, 6.07) is 11.4. The van der Waals surface area contributed by atoms with Gasteiger partial charge in [0.1, 0.15) is 0 Å². The Kier molecular flexibility index (Phi) is 6.63. The van der Waals surface area contributed by atoms with Gasteiger partial charge in [0.15, 0.2) is 11.6 Å². The lowest BCUT2D eigenvalue weighted by Gasteiger charge is -2.17. The standard InChI is InChI=1S/C18H20F3NO2/c1-2-12-3-6-14(7-4-12)16(11-23)22-10-13-5-8-17(15(19)9-13)24-18(20)21/h3-9,16,18,22-23H,2,10-11H2,1H3. The van der Waals surface area contributed by atoms with E-state index in [2.05, 4.69) is 17.0 Å². The molecule has 0 bridgehead atoms. The molecule has 3 nitrogen and oxygen atoms in total. The van der Waals surface area contributed by atoms with Gasteiger partial charge in [-0.3, -0.25) is 0 Å². The summed E-state index contributed by atoms with van der Waals surface area (Å²) in [5, 5.41) is 12.7. The van der Waals surface area contributed by atoms with Crippen LogP contribution in [0.15, 0.2) is 42.5 Å². The van der Waals surface area contributed by atoms with Crippen LogP contribution in [0.5, 0.6) is 5.75 Å². The van der Waals surface area contributed by atoms with Gasteiger partial charge < -0.3 is 15.2 Å². The molecule has 0 fully saturated rings. The normalized spacial score (nSPS) is 12.4. The van der Waals surface area contributed by atoms with Crippen LogP contribution in [-0.4, -0.2) is 18.3 Å². The molecule has 0 spiro atoms. The highest BCUT2D eigenvalue weighted by Crippen LogP contribution is 2.21. The van der Waals surface area contributed by atoms with Crippen LogP contribution in [0.25, 0.3) is 0 Å². The number of halogens is 3. The van der Waals surface area contributed by atoms with E-state index in [4.69, 9.17) is 0 Å². The Hall–Kier alpha value is -2.05. The summed E-state index contributed by atoms with van der Waals surface area (Å²) in [5.74, 6) is -1.33. The minimum atomic E-state index is -3.06. The van der Waals surface area contributed by atoms with Gasteiger partial charge in [0.05, 0.1) is 12.6 Å². The molecule has 0 heterocycles. The first-order valence-corrected chi connectivity index (χ1v) is 7.69. The molecular weight excluding hydrogens is 319 g/mol. The van der Waals surface area contributed by atoms with Crippen molar-refractivity contribution in [1.29, 1.82) is 0 Å². The molecule has 2 N–H and O–H groups in total. The number of benzene rings is 2. The lowest BCUT2D eigenvalue weighted by atomic mass is 10.0. The minimum absolute atomic E-state index is 0.111. The van der Waals surface area contributed by atoms with Crippen molar-refractivity contribution in [3.63, 3.8) is 0 Å². The number of aliphatic hydroxyl groups excluding tert-OH is 1. The van der Waals surface area contributed by atoms with Gasteiger partial charge in [0.2, 0.25) is 0 Å². The van der Waals surface area contributed by atoms with Crippen LogP contribution in [0.4, 0.5) is 13.2 Å². The molecule has 2 aromatic carbocycles. The maximum atomic E-state index is 13.7. The Morgan fingerprint density at radius 2 is 1.75 bits per heavy atom. The van der Waals surface area contributed by atoms with Crippen molar-refractivity contribution in [2.75, 3.05) is 6.61 Å². The maximum Gasteiger partial charge on any atom is 0.387 e. The molecule has 0 amide bonds. The van der Waals surface area contributed by atoms with Crippen LogP contribution in [-0.2, 0) is 13.0 Å². The third-order valence-electron chi connectivity index (χ3n) is 3.74. The predicted octanol–water partition coefficient (Wildman–Crippen LogP) is 3.81. The van der Waals surface area contributed by atoms with Gasteiger partial charge in [-0.25, -0.2) is 4.39 Å². The number of hydrogen-bond acceptors (Lipinski definition) is 3. The van der Waals surface area contributed by atoms with Crippen LogP contribution < -0.4 is 10.1 Å². The molecule has 2 rings (SSSR count). The number of ether oxygens (including phenoxy) is 1. The number of rotatable bonds is 8. The molecule has 24 heavy (non-hydrogen) atoms. The molecule has 6 heteroatoms. The molecule has 0 saturated carbocycles. The van der Waals surface area contributed by atoms with E-state index in [1.807, 2.05) is 24.3 Å². The van der Waals surface area contributed by atoms with Crippen LogP contribution in [0.3, 0.4) is 0 Å². The number of aryl methyl sites for hydroxylation is 1. The average molecular weight is 339 g/mol. The Balaban J connectivity index is 2.00. The van der Waals surface area contributed by atoms with Gasteiger partial charge in [-0.2, -0.15) is 8.78 Å². The highest BCUT2D eigenvalue weighted by atomic mass is 19.3. The largest absolute Gasteiger partial charge is 0.432 e. The minimum Gasteiger partial charge on any atom is -0.432 e. The van der Waals surface area contributed by atoms with Crippen molar-refractivity contribution in [3.8, 4) is 5.75 Å². The van der Waals surface area contributed by atoms with Crippen molar-refractivity contribution in [2.45, 2.75) is 32.5 Å². The first-order valence-electron chi connectivity index (χ1n) is 7.69. The van der Waals surface area contributed by atoms with Crippen molar-refractivity contribution in [2.24, 2.45) is 0 Å². The van der Waals surface area contributed by atoms with Crippen molar-refractivity contribution >= 4 is 0 Å². The Bertz CT molecular complexity index is 647. The molecule has 0 aliphatic heterocycles. The summed E-state index contributed by atoms with van der Waals surface area (Å²) in [6.45, 7) is -0.826. The maximum absolute atomic E-state index is 13.7. The van der Waals surface area contributed by atoms with E-state index in [-0.39, 0.29) is 19.2 Å². The molecule has 1 unspecified atom stereocenters. The number of hydrogen-bond donors (Lipinski definition) is 2. The fraction of sp³-hybridized carbons (Fsp3) is 0.333. The van der Waals surface area contributed by atoms with E-state index >= 15 is 0 Å². The fourth-order valence-electron chi connectivity index (χ4n) is 2.36. The van der Waals surface area contributed by atoms with Crippen molar-refractivity contribution in [1.82, 2.24) is 5.32 Å². The lowest BCUT2D eigenvalue weighted by Crippen LogP contribution is -2.24. The lowest BCUT2D eigenvalue weighted by molar-refractivity contribution is -0.0522. The Morgan fingerprint density at radius 1 is 1.08 bits per heavy atom. The summed E-state index contributed by atoms with van der Waals surface area (Å²) in [6.07, 6.45) is 0.934. The van der Waals surface area contributed by atoms with E-state index in [0.717, 1.165) is 18.1 Å². The molecule has 1 atom stereocenters. The SMILES string of the molecule is CCc1ccc(C(CO)NCc2ccc(OC(F)F)c(F)c2)cc1. The zero-order valence-electron chi connectivity index (χ0n) is 13.3. The Labute approximate surface area is 139 Å². The smallest absolute Gasteiger partial charge is 0.387 e. The molecule has 0 aromatic heterocycles. The number of alkyl halides is 2. The van der Waals surface area contributed by atoms with Crippen LogP contribution in [0, 0.1) is 5.82 Å². The first-order chi connectivity index (χ1) is 11.5. The summed E-state index contributed by atoms with van der Waals surface area (Å²) in [4.78, 5) is 0. The monoisotopic (exact) mass is 339 g/mol. The van der Waals surface area contributed by atoms with Crippen LogP contribution >= 0.6 is 0 Å². The third-order valence-corrected chi connectivity index (χ3v) is 3.74. The van der Waals surface area contributed by atoms with Gasteiger partial charge >= 0.3 is 6.61 Å². The predicted molar refractivity (Wildman–Crippen MR) is 85.5 cm³/mol. The molecular formula is C18H20F3NO2. The van der Waals surface area contributed by atoms with E-state index in [9.17, 15) is 18.3 Å². The second-order valence-electron chi connectivity index (χ2n) is 5.35. The van der Waals surface area contributed by atoms with Gasteiger partial charge in [0, 0.05) is 6.54 Å². The molecule has 0 aliphatic rings. The van der Waals surface area contributed by atoms with Crippen LogP contribution in [0.1, 0.15) is 29.7 Å². The average Bonchev–Trinajstić information content (AvgIpc) is 2.58. The van der Waals surface area contributed by atoms with Gasteiger partial charge in [-0.15, -0.1) is 0 Å². The summed E-state index contributed by atoms with van der Waals surface area (Å²) in [7, 11) is 0. The van der Waals surface area contributed by atoms with Crippen molar-refractivity contribution in [3.05, 3.63) is 65.0 Å². The molecule has 130 valence electrons. The quantitative estimate of drug-likeness (QED) is 0.768. The third kappa shape index (κ3) is 4.97. The zero-order valence-corrected chi connectivity index (χ0v) is 13.3. The molecule has 2 aromatic rings. The first kappa shape index (κ1) is 18.3. The van der Waals surface area contributed by atoms with E-state index in [0.29, 0.717) is 5.56 Å². The van der Waals surface area contributed by atoms with Gasteiger partial charge in [0.25, 0.3) is 0 Å². The van der Waals surface area contributed by atoms with Gasteiger partial charge in [-0.1, -0.05) is 37.3 Å². The van der Waals surface area contributed by atoms with Crippen LogP contribution in [0.2, 0.25) is 0 Å². The molecule has 0 saturated heterocycles. The zero-order chi connectivity index (χ0) is 17.5. The summed E-state index contributed by atoms with van der Waals surface area (Å²) in [5.41, 5.74) is 2.69. The second-order valence-corrected chi connectivity index (χ2v) is 5.35. The highest BCUT2D eigenvalue weighted by Gasteiger charge is 2.12. The number of nitrogens with one attached hydrogen (secondary N) is 1. The van der Waals surface area contributed by atoms with E-state index in [1.165, 1.54) is 17.7 Å². The number of aliphatic hydroxyl groups is 1.